The molecule has 0 bridgehead atoms. The maximum atomic E-state index is 6.19. The van der Waals surface area contributed by atoms with Gasteiger partial charge in [-0.15, -0.1) is 0 Å². The summed E-state index contributed by atoms with van der Waals surface area (Å²) < 4.78 is 16.6. The third-order valence-corrected chi connectivity index (χ3v) is 3.75. The van der Waals surface area contributed by atoms with E-state index in [-0.39, 0.29) is 11.1 Å². The van der Waals surface area contributed by atoms with E-state index < -0.39 is 0 Å². The van der Waals surface area contributed by atoms with Crippen LogP contribution in [-0.2, 0) is 9.57 Å². The quantitative estimate of drug-likeness (QED) is 0.175. The van der Waals surface area contributed by atoms with Gasteiger partial charge >= 0.3 is 0 Å². The van der Waals surface area contributed by atoms with Crippen molar-refractivity contribution < 1.29 is 19.0 Å². The minimum Gasteiger partial charge on any atom is -0.490 e. The van der Waals surface area contributed by atoms with Gasteiger partial charge in [-0.2, -0.15) is 0 Å². The molecule has 0 amide bonds. The van der Waals surface area contributed by atoms with Gasteiger partial charge in [-0.3, -0.25) is 0 Å². The lowest BCUT2D eigenvalue weighted by atomic mass is 10.3. The first-order chi connectivity index (χ1) is 12.4. The van der Waals surface area contributed by atoms with Crippen molar-refractivity contribution in [3.05, 3.63) is 32.7 Å². The van der Waals surface area contributed by atoms with Crippen molar-refractivity contribution in [1.82, 2.24) is 0 Å². The Morgan fingerprint density at radius 1 is 1.08 bits per heavy atom. The van der Waals surface area contributed by atoms with Crippen molar-refractivity contribution >= 4 is 52.3 Å². The second-order valence-corrected chi connectivity index (χ2v) is 6.78. The van der Waals surface area contributed by atoms with Gasteiger partial charge in [0.25, 0.3) is 0 Å². The van der Waals surface area contributed by atoms with Crippen LogP contribution in [-0.4, -0.2) is 32.3 Å². The van der Waals surface area contributed by atoms with Crippen molar-refractivity contribution in [3.8, 4) is 11.5 Å². The van der Waals surface area contributed by atoms with E-state index in [1.54, 1.807) is 19.1 Å². The Bertz CT molecular complexity index is 596. The van der Waals surface area contributed by atoms with E-state index in [4.69, 9.17) is 65.5 Å². The Morgan fingerprint density at radius 2 is 1.73 bits per heavy atom. The summed E-state index contributed by atoms with van der Waals surface area (Å²) >= 11 is 23.4. The first-order valence-electron chi connectivity index (χ1n) is 7.99. The van der Waals surface area contributed by atoms with Crippen LogP contribution in [0.4, 0.5) is 0 Å². The SMILES string of the molecule is CCON=C(C)OCCCCOc1c(Cl)cc(OCC=C(Cl)Cl)cc1Cl. The van der Waals surface area contributed by atoms with Crippen LogP contribution in [0.15, 0.2) is 27.9 Å². The van der Waals surface area contributed by atoms with Gasteiger partial charge in [-0.1, -0.05) is 51.6 Å². The number of benzene rings is 1. The molecule has 0 aromatic heterocycles. The molecule has 26 heavy (non-hydrogen) atoms. The summed E-state index contributed by atoms with van der Waals surface area (Å²) in [5.74, 6) is 1.41. The Hall–Kier alpha value is -1.01. The Morgan fingerprint density at radius 3 is 2.35 bits per heavy atom. The van der Waals surface area contributed by atoms with Gasteiger partial charge in [0.15, 0.2) is 5.75 Å². The molecule has 0 aliphatic carbocycles. The Labute approximate surface area is 173 Å². The third kappa shape index (κ3) is 9.62. The molecular weight excluding hydrogens is 424 g/mol. The molecule has 0 N–H and O–H groups in total. The number of nitrogens with zero attached hydrogens (tertiary/aromatic N) is 1. The predicted molar refractivity (Wildman–Crippen MR) is 107 cm³/mol. The molecule has 0 fully saturated rings. The van der Waals surface area contributed by atoms with Crippen molar-refractivity contribution in [2.75, 3.05) is 26.4 Å². The van der Waals surface area contributed by atoms with E-state index in [0.717, 1.165) is 12.8 Å². The van der Waals surface area contributed by atoms with Crippen molar-refractivity contribution in [1.29, 1.82) is 0 Å². The second-order valence-electron chi connectivity index (χ2n) is 4.95. The standard InChI is InChI=1S/C17H21Cl4NO4/c1-3-26-22-12(2)23-7-4-5-8-25-17-14(18)10-13(11-15(17)19)24-9-6-16(20)21/h6,10-11H,3-5,7-9H2,1-2H3. The van der Waals surface area contributed by atoms with E-state index in [0.29, 0.717) is 47.3 Å². The Kier molecular flexibility index (Phi) is 11.7. The number of halogens is 4. The second kappa shape index (κ2) is 13.2. The van der Waals surface area contributed by atoms with E-state index in [2.05, 4.69) is 5.16 Å². The first-order valence-corrected chi connectivity index (χ1v) is 9.50. The number of hydrogen-bond donors (Lipinski definition) is 0. The normalized spacial score (nSPS) is 11.1. The maximum Gasteiger partial charge on any atom is 0.222 e. The summed E-state index contributed by atoms with van der Waals surface area (Å²) in [6.07, 6.45) is 3.07. The minimum absolute atomic E-state index is 0.130. The lowest BCUT2D eigenvalue weighted by Crippen LogP contribution is -2.05. The summed E-state index contributed by atoms with van der Waals surface area (Å²) in [6.45, 7) is 5.30. The summed E-state index contributed by atoms with van der Waals surface area (Å²) in [4.78, 5) is 4.89. The van der Waals surface area contributed by atoms with Gasteiger partial charge in [0.1, 0.15) is 23.5 Å². The van der Waals surface area contributed by atoms with Crippen molar-refractivity contribution in [2.24, 2.45) is 5.16 Å². The van der Waals surface area contributed by atoms with Crippen LogP contribution < -0.4 is 9.47 Å². The number of unbranched alkanes of at least 4 members (excludes halogenated alkanes) is 1. The molecule has 0 atom stereocenters. The smallest absolute Gasteiger partial charge is 0.222 e. The van der Waals surface area contributed by atoms with Crippen molar-refractivity contribution in [3.63, 3.8) is 0 Å². The number of ether oxygens (including phenoxy) is 3. The number of hydrogen-bond acceptors (Lipinski definition) is 5. The molecule has 1 rings (SSSR count). The molecule has 0 aliphatic heterocycles. The molecule has 0 saturated heterocycles. The fourth-order valence-electron chi connectivity index (χ4n) is 1.74. The zero-order valence-corrected chi connectivity index (χ0v) is 17.6. The number of oxime groups is 1. The summed E-state index contributed by atoms with van der Waals surface area (Å²) in [6, 6.07) is 3.24. The minimum atomic E-state index is 0.130. The third-order valence-electron chi connectivity index (χ3n) is 2.88. The molecule has 146 valence electrons. The predicted octanol–water partition coefficient (Wildman–Crippen LogP) is 6.24. The fourth-order valence-corrected chi connectivity index (χ4v) is 2.44. The molecule has 0 aliphatic rings. The largest absolute Gasteiger partial charge is 0.490 e. The maximum absolute atomic E-state index is 6.19. The van der Waals surface area contributed by atoms with Gasteiger partial charge in [-0.25, -0.2) is 0 Å². The molecule has 5 nitrogen and oxygen atoms in total. The fraction of sp³-hybridized carbons (Fsp3) is 0.471. The van der Waals surface area contributed by atoms with Crippen LogP contribution in [0.25, 0.3) is 0 Å². The highest BCUT2D eigenvalue weighted by Crippen LogP contribution is 2.37. The monoisotopic (exact) mass is 443 g/mol. The van der Waals surface area contributed by atoms with Gasteiger partial charge in [0.2, 0.25) is 5.90 Å². The van der Waals surface area contributed by atoms with Gasteiger partial charge in [0, 0.05) is 19.1 Å². The zero-order chi connectivity index (χ0) is 19.4. The van der Waals surface area contributed by atoms with E-state index in [1.165, 1.54) is 6.08 Å². The molecule has 0 radical (unpaired) electrons. The average molecular weight is 445 g/mol. The first kappa shape index (κ1) is 23.0. The molecule has 1 aromatic carbocycles. The van der Waals surface area contributed by atoms with Crippen LogP contribution in [0, 0.1) is 0 Å². The van der Waals surface area contributed by atoms with Gasteiger partial charge in [-0.05, 0) is 25.8 Å². The van der Waals surface area contributed by atoms with Crippen molar-refractivity contribution in [2.45, 2.75) is 26.7 Å². The highest BCUT2D eigenvalue weighted by atomic mass is 35.5. The molecule has 0 spiro atoms. The van der Waals surface area contributed by atoms with E-state index in [1.807, 2.05) is 6.92 Å². The number of rotatable bonds is 11. The van der Waals surface area contributed by atoms with Crippen LogP contribution in [0.5, 0.6) is 11.5 Å². The summed E-state index contributed by atoms with van der Waals surface area (Å²) in [7, 11) is 0. The highest BCUT2D eigenvalue weighted by Gasteiger charge is 2.10. The topological polar surface area (TPSA) is 49.3 Å². The molecule has 1 aromatic rings. The van der Waals surface area contributed by atoms with E-state index >= 15 is 0 Å². The van der Waals surface area contributed by atoms with Gasteiger partial charge in [0.05, 0.1) is 23.3 Å². The summed E-state index contributed by atoms with van der Waals surface area (Å²) in [5, 5.41) is 4.50. The van der Waals surface area contributed by atoms with Crippen LogP contribution in [0.1, 0.15) is 26.7 Å². The van der Waals surface area contributed by atoms with Crippen LogP contribution in [0.2, 0.25) is 10.0 Å². The summed E-state index contributed by atoms with van der Waals surface area (Å²) in [5.41, 5.74) is 0. The van der Waals surface area contributed by atoms with Crippen LogP contribution in [0.3, 0.4) is 0 Å². The average Bonchev–Trinajstić information content (AvgIpc) is 2.57. The molecule has 9 heteroatoms. The molecule has 0 saturated carbocycles. The lowest BCUT2D eigenvalue weighted by Gasteiger charge is -2.12. The van der Waals surface area contributed by atoms with Gasteiger partial charge < -0.3 is 19.0 Å². The lowest BCUT2D eigenvalue weighted by molar-refractivity contribution is 0.143. The highest BCUT2D eigenvalue weighted by molar-refractivity contribution is 6.55. The van der Waals surface area contributed by atoms with Crippen LogP contribution >= 0.6 is 46.4 Å². The molecule has 0 unspecified atom stereocenters. The van der Waals surface area contributed by atoms with E-state index in [9.17, 15) is 0 Å². The Balaban J connectivity index is 2.37. The zero-order valence-electron chi connectivity index (χ0n) is 14.6. The molecule has 0 heterocycles. The molecular formula is C17H21Cl4NO4.